The fourth-order valence-corrected chi connectivity index (χ4v) is 2.68. The highest BCUT2D eigenvalue weighted by Crippen LogP contribution is 2.33. The Morgan fingerprint density at radius 1 is 1.32 bits per heavy atom. The van der Waals surface area contributed by atoms with Crippen molar-refractivity contribution in [2.45, 2.75) is 19.1 Å². The second kappa shape index (κ2) is 7.13. The molecule has 128 valence electrons. The second-order valence-electron chi connectivity index (χ2n) is 5.37. The SMILES string of the molecule is N#Cc1ccc(NC2CCN(c3ccccc3OC(F)F)C2=O)cn1. The molecule has 1 aliphatic rings. The van der Waals surface area contributed by atoms with Gasteiger partial charge in [-0.15, -0.1) is 0 Å². The van der Waals surface area contributed by atoms with Crippen molar-refractivity contribution in [3.05, 3.63) is 48.3 Å². The molecule has 1 fully saturated rings. The quantitative estimate of drug-likeness (QED) is 0.902. The van der Waals surface area contributed by atoms with Gasteiger partial charge >= 0.3 is 6.61 Å². The zero-order valence-electron chi connectivity index (χ0n) is 13.0. The highest BCUT2D eigenvalue weighted by molar-refractivity contribution is 6.02. The van der Waals surface area contributed by atoms with Crippen LogP contribution in [0.25, 0.3) is 0 Å². The normalized spacial score (nSPS) is 16.8. The van der Waals surface area contributed by atoms with Crippen LogP contribution in [0.1, 0.15) is 12.1 Å². The first-order valence-electron chi connectivity index (χ1n) is 7.56. The van der Waals surface area contributed by atoms with Gasteiger partial charge in [0.1, 0.15) is 23.6 Å². The Bertz CT molecular complexity index is 805. The van der Waals surface area contributed by atoms with Crippen LogP contribution in [0.4, 0.5) is 20.2 Å². The lowest BCUT2D eigenvalue weighted by Gasteiger charge is -2.20. The number of hydrogen-bond donors (Lipinski definition) is 1. The molecule has 6 nitrogen and oxygen atoms in total. The lowest BCUT2D eigenvalue weighted by molar-refractivity contribution is -0.117. The molecular weight excluding hydrogens is 330 g/mol. The number of nitrogens with one attached hydrogen (secondary N) is 1. The van der Waals surface area contributed by atoms with E-state index >= 15 is 0 Å². The van der Waals surface area contributed by atoms with Crippen molar-refractivity contribution >= 4 is 17.3 Å². The molecule has 3 rings (SSSR count). The van der Waals surface area contributed by atoms with E-state index in [0.717, 1.165) is 0 Å². The number of para-hydroxylation sites is 2. The maximum atomic E-state index is 12.6. The fraction of sp³-hybridized carbons (Fsp3) is 0.235. The van der Waals surface area contributed by atoms with E-state index in [1.807, 2.05) is 6.07 Å². The minimum Gasteiger partial charge on any atom is -0.433 e. The van der Waals surface area contributed by atoms with Crippen LogP contribution in [0.3, 0.4) is 0 Å². The van der Waals surface area contributed by atoms with Crippen molar-refractivity contribution in [1.82, 2.24) is 4.98 Å². The average molecular weight is 344 g/mol. The summed E-state index contributed by atoms with van der Waals surface area (Å²) in [5.74, 6) is -0.277. The van der Waals surface area contributed by atoms with Crippen LogP contribution in [-0.2, 0) is 4.79 Å². The molecule has 0 aliphatic carbocycles. The molecule has 0 saturated carbocycles. The molecule has 0 radical (unpaired) electrons. The fourth-order valence-electron chi connectivity index (χ4n) is 2.68. The number of alkyl halides is 2. The number of benzene rings is 1. The smallest absolute Gasteiger partial charge is 0.387 e. The number of anilines is 2. The van der Waals surface area contributed by atoms with Gasteiger partial charge in [-0.2, -0.15) is 14.0 Å². The Hall–Kier alpha value is -3.21. The molecule has 1 saturated heterocycles. The molecule has 25 heavy (non-hydrogen) atoms. The first kappa shape index (κ1) is 16.6. The number of amides is 1. The largest absolute Gasteiger partial charge is 0.433 e. The monoisotopic (exact) mass is 344 g/mol. The van der Waals surface area contributed by atoms with Crippen molar-refractivity contribution in [2.24, 2.45) is 0 Å². The number of nitrogens with zero attached hydrogens (tertiary/aromatic N) is 3. The Kier molecular flexibility index (Phi) is 4.75. The molecule has 0 bridgehead atoms. The Morgan fingerprint density at radius 2 is 2.12 bits per heavy atom. The van der Waals surface area contributed by atoms with E-state index in [1.54, 1.807) is 30.3 Å². The van der Waals surface area contributed by atoms with E-state index in [-0.39, 0.29) is 17.4 Å². The number of carbonyl (C=O) groups is 1. The lowest BCUT2D eigenvalue weighted by Crippen LogP contribution is -2.33. The van der Waals surface area contributed by atoms with Crippen molar-refractivity contribution in [1.29, 1.82) is 5.26 Å². The number of hydrogen-bond acceptors (Lipinski definition) is 5. The van der Waals surface area contributed by atoms with Gasteiger partial charge in [-0.25, -0.2) is 4.98 Å². The third-order valence-electron chi connectivity index (χ3n) is 3.80. The number of pyridine rings is 1. The van der Waals surface area contributed by atoms with Gasteiger partial charge in [0.2, 0.25) is 5.91 Å². The first-order chi connectivity index (χ1) is 12.1. The third-order valence-corrected chi connectivity index (χ3v) is 3.80. The Balaban J connectivity index is 1.74. The number of carbonyl (C=O) groups excluding carboxylic acids is 1. The molecule has 1 amide bonds. The predicted molar refractivity (Wildman–Crippen MR) is 86.4 cm³/mol. The lowest BCUT2D eigenvalue weighted by atomic mass is 10.2. The van der Waals surface area contributed by atoms with Crippen LogP contribution < -0.4 is 15.0 Å². The zero-order valence-corrected chi connectivity index (χ0v) is 13.0. The number of aromatic nitrogens is 1. The number of rotatable bonds is 5. The molecule has 2 heterocycles. The average Bonchev–Trinajstić information content (AvgIpc) is 2.96. The van der Waals surface area contributed by atoms with E-state index in [0.29, 0.717) is 24.3 Å². The van der Waals surface area contributed by atoms with Crippen LogP contribution in [0.15, 0.2) is 42.6 Å². The van der Waals surface area contributed by atoms with Crippen molar-refractivity contribution in [3.63, 3.8) is 0 Å². The number of nitriles is 1. The minimum atomic E-state index is -2.96. The van der Waals surface area contributed by atoms with Crippen molar-refractivity contribution in [2.75, 3.05) is 16.8 Å². The standard InChI is InChI=1S/C17H14F2N4O2/c18-17(19)25-15-4-2-1-3-14(15)23-8-7-13(16(23)24)22-12-6-5-11(9-20)21-10-12/h1-6,10,13,17,22H,7-8H2. The predicted octanol–water partition coefficient (Wildman–Crippen LogP) is 2.77. The van der Waals surface area contributed by atoms with Crippen LogP contribution >= 0.6 is 0 Å². The molecule has 0 spiro atoms. The van der Waals surface area contributed by atoms with Crippen LogP contribution in [0, 0.1) is 11.3 Å². The van der Waals surface area contributed by atoms with Gasteiger partial charge in [-0.3, -0.25) is 4.79 Å². The molecule has 1 aliphatic heterocycles. The maximum absolute atomic E-state index is 12.6. The van der Waals surface area contributed by atoms with Gasteiger partial charge in [0, 0.05) is 6.54 Å². The van der Waals surface area contributed by atoms with Gasteiger partial charge in [0.15, 0.2) is 0 Å². The molecule has 2 aromatic rings. The molecule has 1 aromatic heterocycles. The molecular formula is C17H14F2N4O2. The third kappa shape index (κ3) is 3.66. The summed E-state index contributed by atoms with van der Waals surface area (Å²) < 4.78 is 29.6. The first-order valence-corrected chi connectivity index (χ1v) is 7.56. The summed E-state index contributed by atoms with van der Waals surface area (Å²) in [6.07, 6.45) is 1.98. The summed E-state index contributed by atoms with van der Waals surface area (Å²) >= 11 is 0. The summed E-state index contributed by atoms with van der Waals surface area (Å²) in [6, 6.07) is 10.8. The molecule has 1 atom stereocenters. The topological polar surface area (TPSA) is 78.3 Å². The van der Waals surface area contributed by atoms with Gasteiger partial charge in [-0.05, 0) is 30.7 Å². The molecule has 8 heteroatoms. The van der Waals surface area contributed by atoms with Crippen molar-refractivity contribution in [3.8, 4) is 11.8 Å². The van der Waals surface area contributed by atoms with Crippen LogP contribution in [0.5, 0.6) is 5.75 Å². The molecule has 1 unspecified atom stereocenters. The molecule has 1 aromatic carbocycles. The highest BCUT2D eigenvalue weighted by Gasteiger charge is 2.34. The van der Waals surface area contributed by atoms with Gasteiger partial charge in [0.25, 0.3) is 0 Å². The van der Waals surface area contributed by atoms with Crippen LogP contribution in [0.2, 0.25) is 0 Å². The Morgan fingerprint density at radius 3 is 2.80 bits per heavy atom. The number of halogens is 2. The summed E-state index contributed by atoms with van der Waals surface area (Å²) in [6.45, 7) is -2.58. The highest BCUT2D eigenvalue weighted by atomic mass is 19.3. The summed E-state index contributed by atoms with van der Waals surface area (Å²) in [5.41, 5.74) is 1.20. The summed E-state index contributed by atoms with van der Waals surface area (Å²) in [7, 11) is 0. The van der Waals surface area contributed by atoms with Gasteiger partial charge in [-0.1, -0.05) is 12.1 Å². The van der Waals surface area contributed by atoms with E-state index in [1.165, 1.54) is 17.2 Å². The zero-order chi connectivity index (χ0) is 17.8. The summed E-state index contributed by atoms with van der Waals surface area (Å²) in [5, 5.41) is 11.8. The van der Waals surface area contributed by atoms with Crippen molar-refractivity contribution < 1.29 is 18.3 Å². The molecule has 1 N–H and O–H groups in total. The van der Waals surface area contributed by atoms with Crippen LogP contribution in [-0.4, -0.2) is 30.1 Å². The summed E-state index contributed by atoms with van der Waals surface area (Å²) in [4.78, 5) is 18.0. The van der Waals surface area contributed by atoms with Gasteiger partial charge < -0.3 is 15.0 Å². The van der Waals surface area contributed by atoms with E-state index in [2.05, 4.69) is 15.0 Å². The van der Waals surface area contributed by atoms with E-state index in [4.69, 9.17) is 5.26 Å². The maximum Gasteiger partial charge on any atom is 0.387 e. The van der Waals surface area contributed by atoms with E-state index < -0.39 is 12.7 Å². The van der Waals surface area contributed by atoms with Gasteiger partial charge in [0.05, 0.1) is 17.6 Å². The van der Waals surface area contributed by atoms with E-state index in [9.17, 15) is 13.6 Å². The Labute approximate surface area is 142 Å². The second-order valence-corrected chi connectivity index (χ2v) is 5.37. The minimum absolute atomic E-state index is 0.0356. The number of ether oxygens (including phenoxy) is 1.